The van der Waals surface area contributed by atoms with E-state index in [1.165, 1.54) is 12.8 Å². The zero-order valence-electron chi connectivity index (χ0n) is 8.89. The fourth-order valence-electron chi connectivity index (χ4n) is 2.07. The van der Waals surface area contributed by atoms with Gasteiger partial charge in [-0.1, -0.05) is 6.42 Å². The molecule has 1 fully saturated rings. The SMILES string of the molecule is NC1CCCCN(c2ccc(O)cc2)C1. The second-order valence-corrected chi connectivity index (χ2v) is 4.22. The molecule has 0 spiro atoms. The Labute approximate surface area is 90.5 Å². The van der Waals surface area contributed by atoms with Crippen LogP contribution in [0.15, 0.2) is 24.3 Å². The summed E-state index contributed by atoms with van der Waals surface area (Å²) in [5, 5.41) is 9.22. The molecule has 1 aliphatic heterocycles. The second-order valence-electron chi connectivity index (χ2n) is 4.22. The molecular formula is C12H18N2O. The Bertz CT molecular complexity index is 310. The monoisotopic (exact) mass is 206 g/mol. The molecule has 0 aromatic heterocycles. The summed E-state index contributed by atoms with van der Waals surface area (Å²) >= 11 is 0. The number of hydrogen-bond donors (Lipinski definition) is 2. The molecular weight excluding hydrogens is 188 g/mol. The van der Waals surface area contributed by atoms with Gasteiger partial charge in [-0.3, -0.25) is 0 Å². The highest BCUT2D eigenvalue weighted by Crippen LogP contribution is 2.21. The quantitative estimate of drug-likeness (QED) is 0.735. The van der Waals surface area contributed by atoms with Crippen molar-refractivity contribution in [1.82, 2.24) is 0 Å². The number of nitrogens with zero attached hydrogens (tertiary/aromatic N) is 1. The Kier molecular flexibility index (Phi) is 3.11. The first-order valence-electron chi connectivity index (χ1n) is 5.55. The third-order valence-corrected chi connectivity index (χ3v) is 2.92. The smallest absolute Gasteiger partial charge is 0.115 e. The zero-order valence-corrected chi connectivity index (χ0v) is 8.89. The highest BCUT2D eigenvalue weighted by Gasteiger charge is 2.14. The van der Waals surface area contributed by atoms with E-state index >= 15 is 0 Å². The molecule has 1 aromatic carbocycles. The van der Waals surface area contributed by atoms with E-state index in [0.717, 1.165) is 25.2 Å². The topological polar surface area (TPSA) is 49.5 Å². The molecule has 0 saturated carbocycles. The Hall–Kier alpha value is -1.22. The molecule has 15 heavy (non-hydrogen) atoms. The van der Waals surface area contributed by atoms with Crippen LogP contribution in [-0.4, -0.2) is 24.2 Å². The van der Waals surface area contributed by atoms with E-state index in [2.05, 4.69) is 4.90 Å². The lowest BCUT2D eigenvalue weighted by atomic mass is 10.1. The number of hydrogen-bond acceptors (Lipinski definition) is 3. The van der Waals surface area contributed by atoms with Gasteiger partial charge in [-0.25, -0.2) is 0 Å². The number of anilines is 1. The Morgan fingerprint density at radius 3 is 2.67 bits per heavy atom. The maximum absolute atomic E-state index is 9.22. The molecule has 2 rings (SSSR count). The first-order chi connectivity index (χ1) is 7.25. The van der Waals surface area contributed by atoms with Gasteiger partial charge in [-0.15, -0.1) is 0 Å². The van der Waals surface area contributed by atoms with Gasteiger partial charge in [0.25, 0.3) is 0 Å². The van der Waals surface area contributed by atoms with Crippen LogP contribution in [0.1, 0.15) is 19.3 Å². The van der Waals surface area contributed by atoms with Crippen LogP contribution in [0.3, 0.4) is 0 Å². The minimum absolute atomic E-state index is 0.279. The summed E-state index contributed by atoms with van der Waals surface area (Å²) in [6, 6.07) is 7.64. The zero-order chi connectivity index (χ0) is 10.7. The minimum Gasteiger partial charge on any atom is -0.508 e. The van der Waals surface area contributed by atoms with Crippen LogP contribution in [0.4, 0.5) is 5.69 Å². The molecule has 3 nitrogen and oxygen atoms in total. The van der Waals surface area contributed by atoms with Crippen molar-refractivity contribution in [2.24, 2.45) is 5.73 Å². The van der Waals surface area contributed by atoms with Crippen molar-refractivity contribution in [1.29, 1.82) is 0 Å². The minimum atomic E-state index is 0.279. The maximum atomic E-state index is 9.22. The van der Waals surface area contributed by atoms with Crippen molar-refractivity contribution >= 4 is 5.69 Å². The van der Waals surface area contributed by atoms with Crippen molar-refractivity contribution in [3.63, 3.8) is 0 Å². The van der Waals surface area contributed by atoms with Gasteiger partial charge in [0, 0.05) is 24.8 Å². The van der Waals surface area contributed by atoms with Gasteiger partial charge in [0.2, 0.25) is 0 Å². The maximum Gasteiger partial charge on any atom is 0.115 e. The van der Waals surface area contributed by atoms with Crippen LogP contribution in [0.25, 0.3) is 0 Å². The fourth-order valence-corrected chi connectivity index (χ4v) is 2.07. The molecule has 0 amide bonds. The average molecular weight is 206 g/mol. The van der Waals surface area contributed by atoms with Gasteiger partial charge in [-0.05, 0) is 37.1 Å². The van der Waals surface area contributed by atoms with Gasteiger partial charge in [0.05, 0.1) is 0 Å². The average Bonchev–Trinajstić information content (AvgIpc) is 2.44. The van der Waals surface area contributed by atoms with Crippen molar-refractivity contribution in [3.05, 3.63) is 24.3 Å². The van der Waals surface area contributed by atoms with E-state index in [4.69, 9.17) is 5.73 Å². The van der Waals surface area contributed by atoms with Gasteiger partial charge in [0.1, 0.15) is 5.75 Å². The predicted molar refractivity (Wildman–Crippen MR) is 62.1 cm³/mol. The number of aromatic hydroxyl groups is 1. The molecule has 0 radical (unpaired) electrons. The molecule has 0 bridgehead atoms. The number of phenols is 1. The van der Waals surface area contributed by atoms with Gasteiger partial charge in [0.15, 0.2) is 0 Å². The molecule has 1 atom stereocenters. The summed E-state index contributed by atoms with van der Waals surface area (Å²) in [7, 11) is 0. The van der Waals surface area contributed by atoms with Crippen LogP contribution in [0.2, 0.25) is 0 Å². The van der Waals surface area contributed by atoms with Crippen molar-refractivity contribution in [3.8, 4) is 5.75 Å². The molecule has 1 heterocycles. The van der Waals surface area contributed by atoms with Gasteiger partial charge in [-0.2, -0.15) is 0 Å². The summed E-state index contributed by atoms with van der Waals surface area (Å²) < 4.78 is 0. The lowest BCUT2D eigenvalue weighted by Gasteiger charge is -2.24. The van der Waals surface area contributed by atoms with E-state index in [-0.39, 0.29) is 6.04 Å². The fraction of sp³-hybridized carbons (Fsp3) is 0.500. The Balaban J connectivity index is 2.11. The highest BCUT2D eigenvalue weighted by atomic mass is 16.3. The third-order valence-electron chi connectivity index (χ3n) is 2.92. The van der Waals surface area contributed by atoms with Crippen LogP contribution < -0.4 is 10.6 Å². The summed E-state index contributed by atoms with van der Waals surface area (Å²) in [5.41, 5.74) is 7.16. The number of nitrogens with two attached hydrogens (primary N) is 1. The molecule has 1 unspecified atom stereocenters. The van der Waals surface area contributed by atoms with Gasteiger partial charge < -0.3 is 15.7 Å². The van der Waals surface area contributed by atoms with E-state index in [9.17, 15) is 5.11 Å². The normalized spacial score (nSPS) is 22.5. The second kappa shape index (κ2) is 4.53. The highest BCUT2D eigenvalue weighted by molar-refractivity contribution is 5.49. The summed E-state index contributed by atoms with van der Waals surface area (Å²) in [6.07, 6.45) is 3.54. The first kappa shape index (κ1) is 10.3. The summed E-state index contributed by atoms with van der Waals surface area (Å²) in [6.45, 7) is 1.99. The van der Waals surface area contributed by atoms with Crippen LogP contribution in [0, 0.1) is 0 Å². The van der Waals surface area contributed by atoms with Crippen molar-refractivity contribution < 1.29 is 5.11 Å². The summed E-state index contributed by atoms with van der Waals surface area (Å²) in [4.78, 5) is 2.30. The standard InChI is InChI=1S/C12H18N2O/c13-10-3-1-2-8-14(9-10)11-4-6-12(15)7-5-11/h4-7,10,15H,1-3,8-9,13H2. The van der Waals surface area contributed by atoms with Crippen molar-refractivity contribution in [2.45, 2.75) is 25.3 Å². The molecule has 3 N–H and O–H groups in total. The van der Waals surface area contributed by atoms with Crippen molar-refractivity contribution in [2.75, 3.05) is 18.0 Å². The molecule has 1 saturated heterocycles. The van der Waals surface area contributed by atoms with Crippen LogP contribution >= 0.6 is 0 Å². The lowest BCUT2D eigenvalue weighted by molar-refractivity contribution is 0.475. The third kappa shape index (κ3) is 2.63. The van der Waals surface area contributed by atoms with Crippen LogP contribution in [-0.2, 0) is 0 Å². The van der Waals surface area contributed by atoms with Crippen LogP contribution in [0.5, 0.6) is 5.75 Å². The first-order valence-corrected chi connectivity index (χ1v) is 5.55. The number of rotatable bonds is 1. The van der Waals surface area contributed by atoms with E-state index in [1.807, 2.05) is 12.1 Å². The number of benzene rings is 1. The Morgan fingerprint density at radius 2 is 1.93 bits per heavy atom. The molecule has 0 aliphatic carbocycles. The molecule has 1 aromatic rings. The van der Waals surface area contributed by atoms with E-state index < -0.39 is 0 Å². The van der Waals surface area contributed by atoms with E-state index in [1.54, 1.807) is 12.1 Å². The molecule has 82 valence electrons. The largest absolute Gasteiger partial charge is 0.508 e. The lowest BCUT2D eigenvalue weighted by Crippen LogP contribution is -2.35. The van der Waals surface area contributed by atoms with E-state index in [0.29, 0.717) is 5.75 Å². The summed E-state index contributed by atoms with van der Waals surface area (Å²) in [5.74, 6) is 0.317. The molecule has 3 heteroatoms. The van der Waals surface area contributed by atoms with Gasteiger partial charge >= 0.3 is 0 Å². The molecule has 1 aliphatic rings. The Morgan fingerprint density at radius 1 is 1.20 bits per heavy atom. The number of phenolic OH excluding ortho intramolecular Hbond substituents is 1. The predicted octanol–water partition coefficient (Wildman–Crippen LogP) is 1.71.